The van der Waals surface area contributed by atoms with Gasteiger partial charge >= 0.3 is 5.97 Å². The van der Waals surface area contributed by atoms with Crippen LogP contribution in [0.2, 0.25) is 0 Å². The van der Waals surface area contributed by atoms with Crippen LogP contribution in [0.5, 0.6) is 17.2 Å². The lowest BCUT2D eigenvalue weighted by atomic mass is 10.0. The van der Waals surface area contributed by atoms with E-state index >= 15 is 4.39 Å². The van der Waals surface area contributed by atoms with Gasteiger partial charge in [0.25, 0.3) is 7.37 Å². The van der Waals surface area contributed by atoms with E-state index in [2.05, 4.69) is 0 Å². The molecule has 0 amide bonds. The predicted molar refractivity (Wildman–Crippen MR) is 176 cm³/mol. The lowest BCUT2D eigenvalue weighted by Gasteiger charge is -2.40. The van der Waals surface area contributed by atoms with Gasteiger partial charge in [0, 0.05) is 22.1 Å². The van der Waals surface area contributed by atoms with Crippen molar-refractivity contribution in [3.05, 3.63) is 88.5 Å². The zero-order chi connectivity index (χ0) is 33.2. The standard InChI is InChI=1S/C35H41FNO7P/c1-9-20-42-29-19-18-28(36)30-31(29)37(21-27(32(30)38)23-10-14-25(41-8)15-11-23)22-43-33(39)24-12-16-26(17-13-24)44-45(40,34(2,3)4)35(5,6)7/h10-19,21H,9,20,22H2,1-8H3. The summed E-state index contributed by atoms with van der Waals surface area (Å²) in [6.07, 6.45) is 2.23. The maximum atomic E-state index is 15.3. The summed E-state index contributed by atoms with van der Waals surface area (Å²) < 4.78 is 53.6. The highest BCUT2D eigenvalue weighted by molar-refractivity contribution is 7.62. The lowest BCUT2D eigenvalue weighted by molar-refractivity contribution is 0.0378. The van der Waals surface area contributed by atoms with E-state index in [-0.39, 0.29) is 28.8 Å². The zero-order valence-corrected chi connectivity index (χ0v) is 28.0. The van der Waals surface area contributed by atoms with Crippen LogP contribution in [0.15, 0.2) is 71.7 Å². The first-order valence-electron chi connectivity index (χ1n) is 14.8. The number of halogens is 1. The number of benzene rings is 3. The third kappa shape index (κ3) is 6.94. The number of nitrogens with zero attached hydrogens (tertiary/aromatic N) is 1. The summed E-state index contributed by atoms with van der Waals surface area (Å²) in [5.41, 5.74) is 0.660. The zero-order valence-electron chi connectivity index (χ0n) is 27.1. The molecule has 0 bridgehead atoms. The molecule has 0 aliphatic heterocycles. The molecule has 3 aromatic carbocycles. The van der Waals surface area contributed by atoms with Crippen molar-refractivity contribution in [2.75, 3.05) is 13.7 Å². The molecule has 0 saturated heterocycles. The predicted octanol–water partition coefficient (Wildman–Crippen LogP) is 8.67. The Morgan fingerprint density at radius 1 is 0.889 bits per heavy atom. The Balaban J connectivity index is 1.69. The van der Waals surface area contributed by atoms with Crippen LogP contribution < -0.4 is 19.4 Å². The van der Waals surface area contributed by atoms with Crippen LogP contribution in [0.4, 0.5) is 4.39 Å². The van der Waals surface area contributed by atoms with E-state index < -0.39 is 34.9 Å². The van der Waals surface area contributed by atoms with Gasteiger partial charge in [0.15, 0.2) is 12.2 Å². The van der Waals surface area contributed by atoms with Crippen molar-refractivity contribution >= 4 is 24.2 Å². The van der Waals surface area contributed by atoms with Gasteiger partial charge in [-0.1, -0.05) is 60.6 Å². The van der Waals surface area contributed by atoms with Gasteiger partial charge in [-0.05, 0) is 60.5 Å². The summed E-state index contributed by atoms with van der Waals surface area (Å²) in [4.78, 5) is 26.8. The van der Waals surface area contributed by atoms with Crippen LogP contribution in [-0.4, -0.2) is 34.6 Å². The number of carbonyl (C=O) groups is 1. The van der Waals surface area contributed by atoms with Crippen molar-refractivity contribution in [1.29, 1.82) is 0 Å². The molecule has 4 aromatic rings. The van der Waals surface area contributed by atoms with E-state index in [0.717, 1.165) is 0 Å². The fourth-order valence-electron chi connectivity index (χ4n) is 5.16. The summed E-state index contributed by atoms with van der Waals surface area (Å²) in [5, 5.41) is -1.38. The monoisotopic (exact) mass is 637 g/mol. The maximum absolute atomic E-state index is 15.3. The third-order valence-corrected chi connectivity index (χ3v) is 11.4. The summed E-state index contributed by atoms with van der Waals surface area (Å²) in [6.45, 7) is 13.3. The normalized spacial score (nSPS) is 12.2. The molecule has 1 heterocycles. The number of ether oxygens (including phenoxy) is 3. The van der Waals surface area contributed by atoms with E-state index in [1.807, 2.05) is 48.5 Å². The van der Waals surface area contributed by atoms with Crippen molar-refractivity contribution in [3.63, 3.8) is 0 Å². The average molecular weight is 638 g/mol. The van der Waals surface area contributed by atoms with Gasteiger partial charge in [-0.25, -0.2) is 9.18 Å². The molecule has 0 spiro atoms. The van der Waals surface area contributed by atoms with Gasteiger partial charge in [0.2, 0.25) is 0 Å². The molecule has 0 radical (unpaired) electrons. The molecular formula is C35H41FNO7P. The number of carbonyl (C=O) groups excluding carboxylic acids is 1. The maximum Gasteiger partial charge on any atom is 0.339 e. The summed E-state index contributed by atoms with van der Waals surface area (Å²) in [6, 6.07) is 15.7. The van der Waals surface area contributed by atoms with E-state index in [1.54, 1.807) is 36.4 Å². The van der Waals surface area contributed by atoms with Gasteiger partial charge in [-0.2, -0.15) is 0 Å². The van der Waals surface area contributed by atoms with Crippen LogP contribution in [0.3, 0.4) is 0 Å². The Morgan fingerprint density at radius 2 is 1.49 bits per heavy atom. The second kappa shape index (κ2) is 13.1. The van der Waals surface area contributed by atoms with Crippen molar-refractivity contribution < 1.29 is 32.5 Å². The van der Waals surface area contributed by atoms with Crippen LogP contribution >= 0.6 is 7.37 Å². The minimum Gasteiger partial charge on any atom is -0.497 e. The van der Waals surface area contributed by atoms with Crippen LogP contribution in [0.25, 0.3) is 22.0 Å². The SMILES string of the molecule is CCCOc1ccc(F)c2c(=O)c(-c3ccc(OC)cc3)cn(COC(=O)c3ccc(OP(=O)(C(C)(C)C)C(C)(C)C)cc3)c12. The second-order valence-electron chi connectivity index (χ2n) is 12.8. The molecule has 0 atom stereocenters. The molecule has 240 valence electrons. The fourth-order valence-corrected chi connectivity index (χ4v) is 8.14. The minimum atomic E-state index is -3.17. The van der Waals surface area contributed by atoms with Gasteiger partial charge < -0.3 is 23.3 Å². The quantitative estimate of drug-likeness (QED) is 0.127. The molecule has 0 saturated carbocycles. The largest absolute Gasteiger partial charge is 0.497 e. The molecule has 0 N–H and O–H groups in total. The number of hydrogen-bond donors (Lipinski definition) is 0. The lowest BCUT2D eigenvalue weighted by Crippen LogP contribution is -2.31. The first-order valence-corrected chi connectivity index (χ1v) is 16.4. The minimum absolute atomic E-state index is 0.170. The highest BCUT2D eigenvalue weighted by atomic mass is 31.2. The Bertz CT molecular complexity index is 1770. The summed E-state index contributed by atoms with van der Waals surface area (Å²) >= 11 is 0. The smallest absolute Gasteiger partial charge is 0.339 e. The Morgan fingerprint density at radius 3 is 2.04 bits per heavy atom. The number of fused-ring (bicyclic) bond motifs is 1. The van der Waals surface area contributed by atoms with Crippen molar-refractivity contribution in [3.8, 4) is 28.4 Å². The molecule has 0 unspecified atom stereocenters. The Labute approximate surface area is 263 Å². The Hall–Kier alpha value is -4.10. The average Bonchev–Trinajstić information content (AvgIpc) is 2.99. The highest BCUT2D eigenvalue weighted by Gasteiger charge is 2.49. The second-order valence-corrected chi connectivity index (χ2v) is 16.7. The first kappa shape index (κ1) is 33.8. The van der Waals surface area contributed by atoms with Gasteiger partial charge in [0.05, 0.1) is 24.7 Å². The molecule has 1 aromatic heterocycles. The highest BCUT2D eigenvalue weighted by Crippen LogP contribution is 2.66. The molecule has 45 heavy (non-hydrogen) atoms. The number of aromatic nitrogens is 1. The number of methoxy groups -OCH3 is 1. The fraction of sp³-hybridized carbons (Fsp3) is 0.371. The van der Waals surface area contributed by atoms with E-state index in [9.17, 15) is 14.2 Å². The Kier molecular flexibility index (Phi) is 9.83. The van der Waals surface area contributed by atoms with Crippen molar-refractivity contribution in [2.24, 2.45) is 0 Å². The van der Waals surface area contributed by atoms with Crippen LogP contribution in [0.1, 0.15) is 65.2 Å². The molecule has 0 aliphatic rings. The van der Waals surface area contributed by atoms with Crippen molar-refractivity contribution in [2.45, 2.75) is 71.9 Å². The molecule has 8 nitrogen and oxygen atoms in total. The van der Waals surface area contributed by atoms with Gasteiger partial charge in [0.1, 0.15) is 28.6 Å². The number of hydrogen-bond acceptors (Lipinski definition) is 7. The first-order chi connectivity index (χ1) is 21.1. The van der Waals surface area contributed by atoms with Crippen LogP contribution in [-0.2, 0) is 16.0 Å². The van der Waals surface area contributed by atoms with Crippen molar-refractivity contribution in [1.82, 2.24) is 4.57 Å². The molecule has 0 aliphatic carbocycles. The number of esters is 1. The number of pyridine rings is 1. The molecule has 0 fully saturated rings. The van der Waals surface area contributed by atoms with Gasteiger partial charge in [-0.15, -0.1) is 0 Å². The summed E-state index contributed by atoms with van der Waals surface area (Å²) in [7, 11) is -1.64. The van der Waals surface area contributed by atoms with E-state index in [0.29, 0.717) is 35.8 Å². The van der Waals surface area contributed by atoms with E-state index in [4.69, 9.17) is 18.7 Å². The van der Waals surface area contributed by atoms with Crippen LogP contribution in [0, 0.1) is 5.82 Å². The molecular weight excluding hydrogens is 596 g/mol. The molecule has 10 heteroatoms. The third-order valence-electron chi connectivity index (χ3n) is 7.42. The number of rotatable bonds is 10. The van der Waals surface area contributed by atoms with E-state index in [1.165, 1.54) is 42.1 Å². The van der Waals surface area contributed by atoms with Gasteiger partial charge in [-0.3, -0.25) is 9.36 Å². The summed E-state index contributed by atoms with van der Waals surface area (Å²) in [5.74, 6) is -0.0876. The topological polar surface area (TPSA) is 93.1 Å². The molecule has 4 rings (SSSR count).